The third-order valence-electron chi connectivity index (χ3n) is 6.36. The molecule has 0 heterocycles. The summed E-state index contributed by atoms with van der Waals surface area (Å²) < 4.78 is 1.01. The molecule has 1 aliphatic rings. The number of unbranched alkanes of at least 4 members (excludes halogenated alkanes) is 3. The standard InChI is InChI=1S/C25H39BrN2O2/c1-5-6-7-8-9-19-10-12-20(13-11-19)24(29)28-23(17(2)3)25(30)27-21-14-15-22(26)18(4)16-21/h14-17,19-20,23H,5-13H2,1-4H3,(H,27,30)(H,28,29). The Morgan fingerprint density at radius 3 is 2.40 bits per heavy atom. The molecular formula is C25H39BrN2O2. The molecule has 2 amide bonds. The van der Waals surface area contributed by atoms with Crippen molar-refractivity contribution in [1.82, 2.24) is 5.32 Å². The van der Waals surface area contributed by atoms with Crippen molar-refractivity contribution in [2.75, 3.05) is 5.32 Å². The minimum Gasteiger partial charge on any atom is -0.344 e. The molecule has 30 heavy (non-hydrogen) atoms. The fraction of sp³-hybridized carbons (Fsp3) is 0.680. The summed E-state index contributed by atoms with van der Waals surface area (Å²) in [6.07, 6.45) is 10.7. The molecule has 0 bridgehead atoms. The highest BCUT2D eigenvalue weighted by Gasteiger charge is 2.30. The molecule has 0 radical (unpaired) electrons. The van der Waals surface area contributed by atoms with Crippen LogP contribution >= 0.6 is 15.9 Å². The molecule has 1 fully saturated rings. The van der Waals surface area contributed by atoms with Crippen LogP contribution in [0.1, 0.15) is 84.1 Å². The number of benzene rings is 1. The number of anilines is 1. The van der Waals surface area contributed by atoms with Crippen LogP contribution < -0.4 is 10.6 Å². The molecule has 2 rings (SSSR count). The first-order valence-corrected chi connectivity index (χ1v) is 12.5. The average molecular weight is 480 g/mol. The van der Waals surface area contributed by atoms with Crippen LogP contribution in [-0.2, 0) is 9.59 Å². The Balaban J connectivity index is 1.85. The smallest absolute Gasteiger partial charge is 0.247 e. The van der Waals surface area contributed by atoms with E-state index in [1.165, 1.54) is 32.1 Å². The molecule has 1 aliphatic carbocycles. The molecule has 0 aliphatic heterocycles. The molecule has 0 saturated heterocycles. The van der Waals surface area contributed by atoms with Gasteiger partial charge in [-0.25, -0.2) is 0 Å². The van der Waals surface area contributed by atoms with Gasteiger partial charge in [-0.1, -0.05) is 68.8 Å². The largest absolute Gasteiger partial charge is 0.344 e. The average Bonchev–Trinajstić information content (AvgIpc) is 2.72. The van der Waals surface area contributed by atoms with Crippen molar-refractivity contribution in [1.29, 1.82) is 0 Å². The maximum Gasteiger partial charge on any atom is 0.247 e. The van der Waals surface area contributed by atoms with Gasteiger partial charge >= 0.3 is 0 Å². The van der Waals surface area contributed by atoms with E-state index < -0.39 is 6.04 Å². The van der Waals surface area contributed by atoms with Crippen molar-refractivity contribution < 1.29 is 9.59 Å². The summed E-state index contributed by atoms with van der Waals surface area (Å²) in [4.78, 5) is 25.7. The Morgan fingerprint density at radius 2 is 1.80 bits per heavy atom. The van der Waals surface area contributed by atoms with Gasteiger partial charge in [0, 0.05) is 16.1 Å². The van der Waals surface area contributed by atoms with E-state index in [2.05, 4.69) is 33.5 Å². The molecule has 4 nitrogen and oxygen atoms in total. The number of halogens is 1. The van der Waals surface area contributed by atoms with Gasteiger partial charge in [-0.3, -0.25) is 9.59 Å². The molecule has 0 aromatic heterocycles. The van der Waals surface area contributed by atoms with Gasteiger partial charge in [-0.2, -0.15) is 0 Å². The number of nitrogens with one attached hydrogen (secondary N) is 2. The Hall–Kier alpha value is -1.36. The molecule has 1 saturated carbocycles. The highest BCUT2D eigenvalue weighted by atomic mass is 79.9. The number of carbonyl (C=O) groups is 2. The van der Waals surface area contributed by atoms with E-state index in [0.29, 0.717) is 0 Å². The van der Waals surface area contributed by atoms with Crippen LogP contribution in [0.15, 0.2) is 22.7 Å². The third-order valence-corrected chi connectivity index (χ3v) is 7.25. The van der Waals surface area contributed by atoms with E-state index in [-0.39, 0.29) is 23.7 Å². The van der Waals surface area contributed by atoms with E-state index in [1.807, 2.05) is 39.0 Å². The minimum atomic E-state index is -0.520. The number of hydrogen-bond donors (Lipinski definition) is 2. The van der Waals surface area contributed by atoms with Crippen molar-refractivity contribution in [2.24, 2.45) is 17.8 Å². The number of hydrogen-bond acceptors (Lipinski definition) is 2. The SMILES string of the molecule is CCCCCCC1CCC(C(=O)NC(C(=O)Nc2ccc(Br)c(C)c2)C(C)C)CC1. The minimum absolute atomic E-state index is 0.0281. The van der Waals surface area contributed by atoms with Gasteiger partial charge in [0.15, 0.2) is 0 Å². The van der Waals surface area contributed by atoms with Crippen molar-refractivity contribution in [3.05, 3.63) is 28.2 Å². The Morgan fingerprint density at radius 1 is 1.10 bits per heavy atom. The highest BCUT2D eigenvalue weighted by molar-refractivity contribution is 9.10. The summed E-state index contributed by atoms with van der Waals surface area (Å²) in [6.45, 7) is 8.19. The maximum absolute atomic E-state index is 12.9. The van der Waals surface area contributed by atoms with Crippen LogP contribution in [0, 0.1) is 24.7 Å². The molecule has 0 spiro atoms. The van der Waals surface area contributed by atoms with E-state index in [4.69, 9.17) is 0 Å². The van der Waals surface area contributed by atoms with E-state index in [9.17, 15) is 9.59 Å². The van der Waals surface area contributed by atoms with Crippen LogP contribution in [0.3, 0.4) is 0 Å². The lowest BCUT2D eigenvalue weighted by molar-refractivity contribution is -0.131. The fourth-order valence-electron chi connectivity index (χ4n) is 4.32. The Bertz CT molecular complexity index is 696. The predicted octanol–water partition coefficient (Wildman–Crippen LogP) is 6.61. The summed E-state index contributed by atoms with van der Waals surface area (Å²) in [5.41, 5.74) is 1.81. The van der Waals surface area contributed by atoms with E-state index in [0.717, 1.165) is 47.3 Å². The van der Waals surface area contributed by atoms with Gasteiger partial charge in [0.2, 0.25) is 11.8 Å². The molecule has 1 unspecified atom stereocenters. The first-order chi connectivity index (χ1) is 14.3. The van der Waals surface area contributed by atoms with Crippen LogP contribution in [-0.4, -0.2) is 17.9 Å². The summed E-state index contributed by atoms with van der Waals surface area (Å²) in [7, 11) is 0. The second-order valence-electron chi connectivity index (χ2n) is 9.25. The maximum atomic E-state index is 12.9. The zero-order valence-electron chi connectivity index (χ0n) is 19.1. The molecular weight excluding hydrogens is 440 g/mol. The highest BCUT2D eigenvalue weighted by Crippen LogP contribution is 2.32. The van der Waals surface area contributed by atoms with Gasteiger partial charge in [0.05, 0.1) is 0 Å². The van der Waals surface area contributed by atoms with Crippen molar-refractivity contribution >= 4 is 33.4 Å². The topological polar surface area (TPSA) is 58.2 Å². The monoisotopic (exact) mass is 478 g/mol. The predicted molar refractivity (Wildman–Crippen MR) is 128 cm³/mol. The van der Waals surface area contributed by atoms with E-state index >= 15 is 0 Å². The first kappa shape index (κ1) is 24.9. The zero-order valence-corrected chi connectivity index (χ0v) is 20.7. The van der Waals surface area contributed by atoms with Crippen molar-refractivity contribution in [3.63, 3.8) is 0 Å². The lowest BCUT2D eigenvalue weighted by Crippen LogP contribution is -2.49. The molecule has 1 aromatic carbocycles. The Labute approximate surface area is 191 Å². The first-order valence-electron chi connectivity index (χ1n) is 11.7. The quantitative estimate of drug-likeness (QED) is 0.371. The fourth-order valence-corrected chi connectivity index (χ4v) is 4.57. The summed E-state index contributed by atoms with van der Waals surface area (Å²) in [5.74, 6) is 0.738. The summed E-state index contributed by atoms with van der Waals surface area (Å²) in [6, 6.07) is 5.21. The number of rotatable bonds is 10. The van der Waals surface area contributed by atoms with Gasteiger partial charge in [-0.05, 0) is 68.2 Å². The van der Waals surface area contributed by atoms with Gasteiger partial charge in [0.25, 0.3) is 0 Å². The number of amides is 2. The van der Waals surface area contributed by atoms with Crippen molar-refractivity contribution in [2.45, 2.75) is 91.5 Å². The van der Waals surface area contributed by atoms with Crippen molar-refractivity contribution in [3.8, 4) is 0 Å². The van der Waals surface area contributed by atoms with Gasteiger partial charge < -0.3 is 10.6 Å². The third kappa shape index (κ3) is 7.72. The molecule has 1 atom stereocenters. The second kappa shape index (κ2) is 12.5. The van der Waals surface area contributed by atoms with Gasteiger partial charge in [0.1, 0.15) is 6.04 Å². The van der Waals surface area contributed by atoms with Crippen LogP contribution in [0.5, 0.6) is 0 Å². The molecule has 1 aromatic rings. The van der Waals surface area contributed by atoms with Crippen LogP contribution in [0.2, 0.25) is 0 Å². The lowest BCUT2D eigenvalue weighted by Gasteiger charge is -2.30. The summed E-state index contributed by atoms with van der Waals surface area (Å²) >= 11 is 3.48. The Kier molecular flexibility index (Phi) is 10.4. The van der Waals surface area contributed by atoms with Crippen LogP contribution in [0.4, 0.5) is 5.69 Å². The van der Waals surface area contributed by atoms with E-state index in [1.54, 1.807) is 0 Å². The van der Waals surface area contributed by atoms with Gasteiger partial charge in [-0.15, -0.1) is 0 Å². The zero-order chi connectivity index (χ0) is 22.1. The molecule has 5 heteroatoms. The summed E-state index contributed by atoms with van der Waals surface area (Å²) in [5, 5.41) is 6.01. The number of aryl methyl sites for hydroxylation is 1. The number of carbonyl (C=O) groups excluding carboxylic acids is 2. The molecule has 2 N–H and O–H groups in total. The molecule has 168 valence electrons. The normalized spacial score (nSPS) is 20.1. The van der Waals surface area contributed by atoms with Crippen LogP contribution in [0.25, 0.3) is 0 Å². The lowest BCUT2D eigenvalue weighted by atomic mass is 9.79. The second-order valence-corrected chi connectivity index (χ2v) is 10.1.